The minimum absolute atomic E-state index is 0.261. The molecule has 26 heavy (non-hydrogen) atoms. The molecule has 0 radical (unpaired) electrons. The normalized spacial score (nSPS) is 17.0. The maximum absolute atomic E-state index is 11.1. The summed E-state index contributed by atoms with van der Waals surface area (Å²) in [5.41, 5.74) is 0. The monoisotopic (exact) mass is 365 g/mol. The van der Waals surface area contributed by atoms with Crippen LogP contribution in [0, 0.1) is 0 Å². The summed E-state index contributed by atoms with van der Waals surface area (Å²) in [5, 5.41) is 3.07. The molecule has 1 saturated heterocycles. The molecule has 1 atom stereocenters. The average molecular weight is 366 g/mol. The molecule has 0 aromatic heterocycles. The summed E-state index contributed by atoms with van der Waals surface area (Å²) in [6.45, 7) is 2.29. The summed E-state index contributed by atoms with van der Waals surface area (Å²) in [6.07, 6.45) is 28.8. The highest BCUT2D eigenvalue weighted by Crippen LogP contribution is 2.16. The first-order valence-electron chi connectivity index (χ1n) is 12.1. The lowest BCUT2D eigenvalue weighted by atomic mass is 10.0. The fourth-order valence-electron chi connectivity index (χ4n) is 4.19. The smallest absolute Gasteiger partial charge is 0.220 e. The lowest BCUT2D eigenvalue weighted by molar-refractivity contribution is -0.119. The molecule has 2 heteroatoms. The zero-order valence-electron chi connectivity index (χ0n) is 17.8. The van der Waals surface area contributed by atoms with Gasteiger partial charge in [0.2, 0.25) is 5.91 Å². The third-order valence-corrected chi connectivity index (χ3v) is 5.99. The van der Waals surface area contributed by atoms with Crippen LogP contribution < -0.4 is 5.32 Å². The van der Waals surface area contributed by atoms with Crippen LogP contribution in [0.25, 0.3) is 0 Å². The Morgan fingerprint density at radius 2 is 1.04 bits per heavy atom. The van der Waals surface area contributed by atoms with Gasteiger partial charge in [0.25, 0.3) is 0 Å². The summed E-state index contributed by atoms with van der Waals surface area (Å²) in [7, 11) is 0. The SMILES string of the molecule is CCCCCCCCCCCCCCCCCCCCC1CCC(=O)N1. The van der Waals surface area contributed by atoms with Crippen molar-refractivity contribution in [3.63, 3.8) is 0 Å². The van der Waals surface area contributed by atoms with Gasteiger partial charge in [-0.2, -0.15) is 0 Å². The molecule has 1 fully saturated rings. The fraction of sp³-hybridized carbons (Fsp3) is 0.958. The van der Waals surface area contributed by atoms with Crippen molar-refractivity contribution >= 4 is 5.91 Å². The van der Waals surface area contributed by atoms with Crippen molar-refractivity contribution in [3.8, 4) is 0 Å². The van der Waals surface area contributed by atoms with Crippen LogP contribution in [0.3, 0.4) is 0 Å². The number of carbonyl (C=O) groups is 1. The summed E-state index contributed by atoms with van der Waals surface area (Å²) in [4.78, 5) is 11.1. The van der Waals surface area contributed by atoms with E-state index in [0.717, 1.165) is 12.8 Å². The highest BCUT2D eigenvalue weighted by Gasteiger charge is 2.19. The molecule has 1 aliphatic rings. The van der Waals surface area contributed by atoms with Crippen LogP contribution in [0.15, 0.2) is 0 Å². The Balaban J connectivity index is 1.65. The van der Waals surface area contributed by atoms with Crippen molar-refractivity contribution in [2.75, 3.05) is 0 Å². The van der Waals surface area contributed by atoms with Crippen LogP contribution in [0.5, 0.6) is 0 Å². The minimum atomic E-state index is 0.261. The van der Waals surface area contributed by atoms with Gasteiger partial charge >= 0.3 is 0 Å². The molecule has 154 valence electrons. The summed E-state index contributed by atoms with van der Waals surface area (Å²) in [6, 6.07) is 0.489. The first kappa shape index (κ1) is 23.5. The summed E-state index contributed by atoms with van der Waals surface area (Å²) < 4.78 is 0. The van der Waals surface area contributed by atoms with Crippen molar-refractivity contribution in [1.29, 1.82) is 0 Å². The van der Waals surface area contributed by atoms with Gasteiger partial charge in [-0.25, -0.2) is 0 Å². The molecule has 0 aromatic rings. The number of carbonyl (C=O) groups excluding carboxylic acids is 1. The van der Waals surface area contributed by atoms with Gasteiger partial charge in [-0.3, -0.25) is 4.79 Å². The predicted molar refractivity (Wildman–Crippen MR) is 115 cm³/mol. The second kappa shape index (κ2) is 17.9. The van der Waals surface area contributed by atoms with Gasteiger partial charge in [0, 0.05) is 12.5 Å². The molecule has 0 bridgehead atoms. The summed E-state index contributed by atoms with van der Waals surface area (Å²) in [5.74, 6) is 0.261. The first-order valence-corrected chi connectivity index (χ1v) is 12.1. The number of hydrogen-bond donors (Lipinski definition) is 1. The molecule has 0 aliphatic carbocycles. The number of unbranched alkanes of at least 4 members (excludes halogenated alkanes) is 17. The van der Waals surface area contributed by atoms with Gasteiger partial charge in [-0.1, -0.05) is 122 Å². The molecular weight excluding hydrogens is 318 g/mol. The van der Waals surface area contributed by atoms with E-state index < -0.39 is 0 Å². The van der Waals surface area contributed by atoms with E-state index in [2.05, 4.69) is 12.2 Å². The Morgan fingerprint density at radius 3 is 1.38 bits per heavy atom. The lowest BCUT2D eigenvalue weighted by Gasteiger charge is -2.09. The molecule has 0 saturated carbocycles. The Hall–Kier alpha value is -0.530. The van der Waals surface area contributed by atoms with Crippen LogP contribution in [0.1, 0.15) is 142 Å². The quantitative estimate of drug-likeness (QED) is 0.233. The molecule has 1 rings (SSSR count). The third kappa shape index (κ3) is 14.6. The van der Waals surface area contributed by atoms with Gasteiger partial charge in [0.05, 0.1) is 0 Å². The standard InChI is InChI=1S/C24H47NO/c1-2-3-4-5-6-7-8-9-10-11-12-13-14-15-16-17-18-19-20-23-21-22-24(26)25-23/h23H,2-22H2,1H3,(H,25,26). The van der Waals surface area contributed by atoms with Crippen molar-refractivity contribution in [2.45, 2.75) is 148 Å². The minimum Gasteiger partial charge on any atom is -0.353 e. The second-order valence-electron chi connectivity index (χ2n) is 8.60. The number of hydrogen-bond acceptors (Lipinski definition) is 1. The molecular formula is C24H47NO. The molecule has 1 unspecified atom stereocenters. The van der Waals surface area contributed by atoms with Gasteiger partial charge in [-0.15, -0.1) is 0 Å². The maximum Gasteiger partial charge on any atom is 0.220 e. The highest BCUT2D eigenvalue weighted by atomic mass is 16.1. The van der Waals surface area contributed by atoms with E-state index in [1.54, 1.807) is 0 Å². The number of rotatable bonds is 19. The van der Waals surface area contributed by atoms with E-state index in [1.165, 1.54) is 122 Å². The zero-order chi connectivity index (χ0) is 18.7. The van der Waals surface area contributed by atoms with Crippen LogP contribution >= 0.6 is 0 Å². The Bertz CT molecular complexity index is 315. The van der Waals surface area contributed by atoms with Crippen LogP contribution in [-0.4, -0.2) is 11.9 Å². The van der Waals surface area contributed by atoms with E-state index in [-0.39, 0.29) is 5.91 Å². The predicted octanol–water partition coefficient (Wildman–Crippen LogP) is 7.70. The molecule has 0 aromatic carbocycles. The van der Waals surface area contributed by atoms with E-state index >= 15 is 0 Å². The lowest BCUT2D eigenvalue weighted by Crippen LogP contribution is -2.24. The topological polar surface area (TPSA) is 29.1 Å². The molecule has 2 nitrogen and oxygen atoms in total. The third-order valence-electron chi connectivity index (χ3n) is 5.99. The average Bonchev–Trinajstić information content (AvgIpc) is 3.06. The Labute approximate surface area is 164 Å². The van der Waals surface area contributed by atoms with Gasteiger partial charge < -0.3 is 5.32 Å². The van der Waals surface area contributed by atoms with Crippen molar-refractivity contribution < 1.29 is 4.79 Å². The van der Waals surface area contributed by atoms with Crippen LogP contribution in [-0.2, 0) is 4.79 Å². The number of nitrogens with one attached hydrogen (secondary N) is 1. The van der Waals surface area contributed by atoms with Crippen molar-refractivity contribution in [3.05, 3.63) is 0 Å². The Morgan fingerprint density at radius 1 is 0.654 bits per heavy atom. The van der Waals surface area contributed by atoms with E-state index in [0.29, 0.717) is 6.04 Å². The van der Waals surface area contributed by atoms with E-state index in [4.69, 9.17) is 0 Å². The van der Waals surface area contributed by atoms with E-state index in [9.17, 15) is 4.79 Å². The van der Waals surface area contributed by atoms with Gasteiger partial charge in [-0.05, 0) is 12.8 Å². The zero-order valence-corrected chi connectivity index (χ0v) is 17.8. The number of amides is 1. The van der Waals surface area contributed by atoms with E-state index in [1.807, 2.05) is 0 Å². The second-order valence-corrected chi connectivity index (χ2v) is 8.60. The maximum atomic E-state index is 11.1. The first-order chi connectivity index (χ1) is 12.8. The largest absolute Gasteiger partial charge is 0.353 e. The Kier molecular flexibility index (Phi) is 16.2. The van der Waals surface area contributed by atoms with Gasteiger partial charge in [0.15, 0.2) is 0 Å². The molecule has 1 heterocycles. The van der Waals surface area contributed by atoms with Crippen LogP contribution in [0.2, 0.25) is 0 Å². The molecule has 1 aliphatic heterocycles. The van der Waals surface area contributed by atoms with Crippen LogP contribution in [0.4, 0.5) is 0 Å². The molecule has 1 amide bonds. The van der Waals surface area contributed by atoms with Gasteiger partial charge in [0.1, 0.15) is 0 Å². The fourth-order valence-corrected chi connectivity index (χ4v) is 4.19. The van der Waals surface area contributed by atoms with Crippen molar-refractivity contribution in [1.82, 2.24) is 5.32 Å². The van der Waals surface area contributed by atoms with Crippen molar-refractivity contribution in [2.24, 2.45) is 0 Å². The highest BCUT2D eigenvalue weighted by molar-refractivity contribution is 5.78. The molecule has 1 N–H and O–H groups in total. The summed E-state index contributed by atoms with van der Waals surface area (Å²) >= 11 is 0. The molecule has 0 spiro atoms.